The SMILES string of the molecule is CCCn1c(=O)n(C(CCNC)c2ccccc2)c2ccccc21. The van der Waals surface area contributed by atoms with Crippen LogP contribution in [0.5, 0.6) is 0 Å². The molecular formula is C20H25N3O. The molecule has 1 unspecified atom stereocenters. The van der Waals surface area contributed by atoms with Crippen LogP contribution in [0.25, 0.3) is 11.0 Å². The lowest BCUT2D eigenvalue weighted by atomic mass is 10.0. The van der Waals surface area contributed by atoms with Crippen LogP contribution in [0.3, 0.4) is 0 Å². The zero-order chi connectivity index (χ0) is 16.9. The minimum atomic E-state index is 0.0363. The van der Waals surface area contributed by atoms with E-state index in [9.17, 15) is 4.79 Å². The average molecular weight is 323 g/mol. The second-order valence-electron chi connectivity index (χ2n) is 6.11. The van der Waals surface area contributed by atoms with E-state index in [4.69, 9.17) is 0 Å². The summed E-state index contributed by atoms with van der Waals surface area (Å²) in [7, 11) is 1.95. The van der Waals surface area contributed by atoms with Crippen LogP contribution in [-0.2, 0) is 6.54 Å². The van der Waals surface area contributed by atoms with Gasteiger partial charge in [-0.25, -0.2) is 4.79 Å². The normalized spacial score (nSPS) is 12.6. The minimum absolute atomic E-state index is 0.0363. The summed E-state index contributed by atoms with van der Waals surface area (Å²) in [4.78, 5) is 13.2. The van der Waals surface area contributed by atoms with E-state index in [1.807, 2.05) is 52.6 Å². The van der Waals surface area contributed by atoms with Crippen molar-refractivity contribution in [1.82, 2.24) is 14.5 Å². The molecule has 126 valence electrons. The highest BCUT2D eigenvalue weighted by molar-refractivity contribution is 5.76. The fraction of sp³-hybridized carbons (Fsp3) is 0.350. The van der Waals surface area contributed by atoms with Crippen molar-refractivity contribution < 1.29 is 0 Å². The number of benzene rings is 2. The summed E-state index contributed by atoms with van der Waals surface area (Å²) >= 11 is 0. The first-order valence-electron chi connectivity index (χ1n) is 8.67. The zero-order valence-corrected chi connectivity index (χ0v) is 14.4. The molecule has 0 spiro atoms. The molecule has 0 aliphatic carbocycles. The van der Waals surface area contributed by atoms with Gasteiger partial charge in [0.15, 0.2) is 0 Å². The van der Waals surface area contributed by atoms with Crippen molar-refractivity contribution in [2.24, 2.45) is 0 Å². The van der Waals surface area contributed by atoms with Crippen molar-refractivity contribution in [1.29, 1.82) is 0 Å². The highest BCUT2D eigenvalue weighted by Gasteiger charge is 2.21. The Morgan fingerprint density at radius 1 is 1.00 bits per heavy atom. The molecule has 1 atom stereocenters. The number of hydrogen-bond acceptors (Lipinski definition) is 2. The van der Waals surface area contributed by atoms with E-state index in [1.54, 1.807) is 0 Å². The number of imidazole rings is 1. The van der Waals surface area contributed by atoms with E-state index in [1.165, 1.54) is 5.56 Å². The molecule has 3 aromatic rings. The van der Waals surface area contributed by atoms with Gasteiger partial charge in [-0.1, -0.05) is 49.4 Å². The minimum Gasteiger partial charge on any atom is -0.320 e. The molecule has 0 saturated carbocycles. The molecule has 2 aromatic carbocycles. The molecule has 24 heavy (non-hydrogen) atoms. The van der Waals surface area contributed by atoms with Gasteiger partial charge in [-0.05, 0) is 44.1 Å². The van der Waals surface area contributed by atoms with Gasteiger partial charge in [0.1, 0.15) is 0 Å². The number of fused-ring (bicyclic) bond motifs is 1. The van der Waals surface area contributed by atoms with Crippen molar-refractivity contribution in [2.45, 2.75) is 32.4 Å². The molecule has 0 amide bonds. The standard InChI is InChI=1S/C20H25N3O/c1-3-15-22-18-11-7-8-12-19(18)23(20(22)24)17(13-14-21-2)16-9-5-4-6-10-16/h4-12,17,21H,3,13-15H2,1-2H3. The molecule has 1 aromatic heterocycles. The molecular weight excluding hydrogens is 298 g/mol. The predicted molar refractivity (Wildman–Crippen MR) is 99.6 cm³/mol. The molecule has 0 aliphatic rings. The van der Waals surface area contributed by atoms with Crippen LogP contribution < -0.4 is 11.0 Å². The van der Waals surface area contributed by atoms with E-state index in [-0.39, 0.29) is 11.7 Å². The van der Waals surface area contributed by atoms with Crippen molar-refractivity contribution >= 4 is 11.0 Å². The fourth-order valence-corrected chi connectivity index (χ4v) is 3.37. The van der Waals surface area contributed by atoms with E-state index in [2.05, 4.69) is 30.4 Å². The summed E-state index contributed by atoms with van der Waals surface area (Å²) in [6.45, 7) is 3.72. The van der Waals surface area contributed by atoms with Crippen LogP contribution in [0.15, 0.2) is 59.4 Å². The topological polar surface area (TPSA) is 39.0 Å². The smallest absolute Gasteiger partial charge is 0.320 e. The lowest BCUT2D eigenvalue weighted by molar-refractivity contribution is 0.508. The Kier molecular flexibility index (Phi) is 5.16. The first-order valence-corrected chi connectivity index (χ1v) is 8.67. The highest BCUT2D eigenvalue weighted by Crippen LogP contribution is 2.25. The number of nitrogens with zero attached hydrogens (tertiary/aromatic N) is 2. The highest BCUT2D eigenvalue weighted by atomic mass is 16.1. The van der Waals surface area contributed by atoms with Crippen molar-refractivity contribution in [2.75, 3.05) is 13.6 Å². The largest absolute Gasteiger partial charge is 0.329 e. The van der Waals surface area contributed by atoms with Gasteiger partial charge in [0, 0.05) is 6.54 Å². The van der Waals surface area contributed by atoms with Crippen molar-refractivity contribution in [3.63, 3.8) is 0 Å². The van der Waals surface area contributed by atoms with E-state index < -0.39 is 0 Å². The maximum atomic E-state index is 13.2. The van der Waals surface area contributed by atoms with Gasteiger partial charge in [0.2, 0.25) is 0 Å². The average Bonchev–Trinajstić information content (AvgIpc) is 2.90. The third kappa shape index (κ3) is 3.02. The number of nitrogens with one attached hydrogen (secondary N) is 1. The Bertz CT molecular complexity index is 848. The quantitative estimate of drug-likeness (QED) is 0.724. The second kappa shape index (κ2) is 7.49. The van der Waals surface area contributed by atoms with Gasteiger partial charge >= 0.3 is 5.69 Å². The van der Waals surface area contributed by atoms with Gasteiger partial charge in [0.25, 0.3) is 0 Å². The summed E-state index contributed by atoms with van der Waals surface area (Å²) in [5, 5.41) is 3.22. The molecule has 1 N–H and O–H groups in total. The number of rotatable bonds is 7. The van der Waals surface area contributed by atoms with Gasteiger partial charge < -0.3 is 5.32 Å². The molecule has 4 heteroatoms. The summed E-state index contributed by atoms with van der Waals surface area (Å²) < 4.78 is 3.88. The monoisotopic (exact) mass is 323 g/mol. The van der Waals surface area contributed by atoms with Crippen molar-refractivity contribution in [3.05, 3.63) is 70.6 Å². The van der Waals surface area contributed by atoms with Gasteiger partial charge in [0.05, 0.1) is 17.1 Å². The number of para-hydroxylation sites is 2. The predicted octanol–water partition coefficient (Wildman–Crippen LogP) is 3.41. The lowest BCUT2D eigenvalue weighted by Crippen LogP contribution is -2.29. The number of aryl methyl sites for hydroxylation is 1. The van der Waals surface area contributed by atoms with E-state index >= 15 is 0 Å². The van der Waals surface area contributed by atoms with Crippen molar-refractivity contribution in [3.8, 4) is 0 Å². The number of aromatic nitrogens is 2. The zero-order valence-electron chi connectivity index (χ0n) is 14.4. The molecule has 0 aliphatic heterocycles. The molecule has 4 nitrogen and oxygen atoms in total. The molecule has 0 radical (unpaired) electrons. The van der Waals surface area contributed by atoms with Crippen LogP contribution in [0, 0.1) is 0 Å². The Balaban J connectivity index is 2.21. The summed E-state index contributed by atoms with van der Waals surface area (Å²) in [5.41, 5.74) is 3.30. The van der Waals surface area contributed by atoms with Crippen LogP contribution in [0.4, 0.5) is 0 Å². The third-order valence-corrected chi connectivity index (χ3v) is 4.48. The third-order valence-electron chi connectivity index (χ3n) is 4.48. The number of hydrogen-bond donors (Lipinski definition) is 1. The van der Waals surface area contributed by atoms with Gasteiger partial charge in [-0.2, -0.15) is 0 Å². The van der Waals surface area contributed by atoms with Crippen LogP contribution in [0.1, 0.15) is 31.4 Å². The first kappa shape index (κ1) is 16.5. The van der Waals surface area contributed by atoms with Gasteiger partial charge in [-0.15, -0.1) is 0 Å². The Hall–Kier alpha value is -2.33. The lowest BCUT2D eigenvalue weighted by Gasteiger charge is -2.19. The summed E-state index contributed by atoms with van der Waals surface area (Å²) in [6, 6.07) is 18.5. The van der Waals surface area contributed by atoms with Gasteiger partial charge in [-0.3, -0.25) is 9.13 Å². The van der Waals surface area contributed by atoms with E-state index in [0.29, 0.717) is 0 Å². The first-order chi connectivity index (χ1) is 11.8. The maximum Gasteiger partial charge on any atom is 0.329 e. The molecule has 3 rings (SSSR count). The van der Waals surface area contributed by atoms with Crippen LogP contribution >= 0.6 is 0 Å². The fourth-order valence-electron chi connectivity index (χ4n) is 3.37. The van der Waals surface area contributed by atoms with Crippen LogP contribution in [-0.4, -0.2) is 22.7 Å². The Morgan fingerprint density at radius 2 is 1.67 bits per heavy atom. The maximum absolute atomic E-state index is 13.2. The molecule has 1 heterocycles. The Morgan fingerprint density at radius 3 is 2.33 bits per heavy atom. The second-order valence-corrected chi connectivity index (χ2v) is 6.11. The Labute approximate surface area is 142 Å². The molecule has 0 fully saturated rings. The molecule has 0 bridgehead atoms. The van der Waals surface area contributed by atoms with Crippen LogP contribution in [0.2, 0.25) is 0 Å². The summed E-state index contributed by atoms with van der Waals surface area (Å²) in [5.74, 6) is 0. The molecule has 0 saturated heterocycles. The summed E-state index contributed by atoms with van der Waals surface area (Å²) in [6.07, 6.45) is 1.82. The van der Waals surface area contributed by atoms with E-state index in [0.717, 1.165) is 37.0 Å².